The number of hydrogen-bond acceptors (Lipinski definition) is 12. The maximum atomic E-state index is 14.3. The number of likely N-dealkylation sites (N-methyl/N-ethyl adjacent to an activating group) is 1. The lowest BCUT2D eigenvalue weighted by Crippen LogP contribution is -2.56. The molecule has 1 aromatic carbocycles. The van der Waals surface area contributed by atoms with Gasteiger partial charge in [-0.2, -0.15) is 0 Å². The van der Waals surface area contributed by atoms with Gasteiger partial charge in [-0.05, 0) is 44.1 Å². The summed E-state index contributed by atoms with van der Waals surface area (Å²) in [4.78, 5) is 136. The molecule has 1 fully saturated rings. The number of carbonyl (C=O) groups is 10. The largest absolute Gasteiger partial charge is 0.480 e. The summed E-state index contributed by atoms with van der Waals surface area (Å²) in [6.45, 7) is 12.6. The SMILES string of the molecule is C=C1C(=O)NCC(=O)N[C@@H](CC(C)C)C(=O)N[C@@H](C(=O)O)CC(=O)N[C@@H](CCCN=C(N)N)C(=O)N[C@@H](/C=C/C(C)=C/[C@H](C)[C@H](Cc2ccccc2)OC(C)=O)[C@H](C)C(=O)N[C@@H](C(=O)O)CCC(=O)N1C. The van der Waals surface area contributed by atoms with E-state index in [0.717, 1.165) is 10.5 Å². The number of rotatable bonds is 15. The van der Waals surface area contributed by atoms with Crippen molar-refractivity contribution < 1.29 is 62.9 Å². The normalized spacial score (nSPS) is 23.1. The molecule has 12 N–H and O–H groups in total. The molecule has 0 saturated carbocycles. The first-order valence-corrected chi connectivity index (χ1v) is 23.1. The molecular weight excluding hydrogens is 925 g/mol. The number of aliphatic imine (C=N–C) groups is 1. The molecule has 7 amide bonds. The number of ether oxygens (including phenoxy) is 1. The maximum absolute atomic E-state index is 14.3. The van der Waals surface area contributed by atoms with E-state index in [1.54, 1.807) is 26.8 Å². The van der Waals surface area contributed by atoms with Crippen LogP contribution in [0.5, 0.6) is 0 Å². The molecule has 1 aliphatic heterocycles. The van der Waals surface area contributed by atoms with Gasteiger partial charge in [-0.25, -0.2) is 9.59 Å². The van der Waals surface area contributed by atoms with E-state index in [1.165, 1.54) is 27.0 Å². The van der Waals surface area contributed by atoms with Crippen LogP contribution in [0.25, 0.3) is 0 Å². The van der Waals surface area contributed by atoms with Crippen molar-refractivity contribution in [2.45, 2.75) is 123 Å². The van der Waals surface area contributed by atoms with Crippen LogP contribution in [0.4, 0.5) is 0 Å². The van der Waals surface area contributed by atoms with Crippen molar-refractivity contribution in [2.24, 2.45) is 34.2 Å². The minimum atomic E-state index is -1.86. The monoisotopic (exact) mass is 995 g/mol. The number of allylic oxidation sites excluding steroid dienone is 2. The second kappa shape index (κ2) is 29.4. The molecule has 0 bridgehead atoms. The van der Waals surface area contributed by atoms with E-state index in [9.17, 15) is 58.2 Å². The second-order valence-corrected chi connectivity index (χ2v) is 17.7. The highest BCUT2D eigenvalue weighted by atomic mass is 16.5. The van der Waals surface area contributed by atoms with Gasteiger partial charge in [0.15, 0.2) is 5.96 Å². The summed E-state index contributed by atoms with van der Waals surface area (Å²) in [5.41, 5.74) is 12.1. The average Bonchev–Trinajstić information content (AvgIpc) is 3.29. The quantitative estimate of drug-likeness (QED) is 0.0274. The van der Waals surface area contributed by atoms with Crippen LogP contribution in [0, 0.1) is 17.8 Å². The molecule has 71 heavy (non-hydrogen) atoms. The molecule has 1 aliphatic rings. The van der Waals surface area contributed by atoms with Gasteiger partial charge in [-0.1, -0.05) is 88.4 Å². The summed E-state index contributed by atoms with van der Waals surface area (Å²) in [5, 5.41) is 34.8. The molecule has 0 spiro atoms. The van der Waals surface area contributed by atoms with E-state index >= 15 is 0 Å². The zero-order chi connectivity index (χ0) is 53.5. The minimum absolute atomic E-state index is 0.00613. The van der Waals surface area contributed by atoms with Crippen LogP contribution in [0.3, 0.4) is 0 Å². The Hall–Kier alpha value is -7.59. The van der Waals surface area contributed by atoms with Gasteiger partial charge in [0, 0.05) is 39.3 Å². The van der Waals surface area contributed by atoms with Gasteiger partial charge < -0.3 is 63.2 Å². The van der Waals surface area contributed by atoms with Crippen molar-refractivity contribution >= 4 is 65.2 Å². The van der Waals surface area contributed by atoms with Crippen molar-refractivity contribution in [3.05, 3.63) is 72.0 Å². The fraction of sp³-hybridized carbons (Fsp3) is 0.521. The molecule has 0 aliphatic carbocycles. The number of carboxylic acids is 2. The topological polar surface area (TPSA) is 360 Å². The average molecular weight is 995 g/mol. The number of nitrogens with two attached hydrogens (primary N) is 2. The fourth-order valence-corrected chi connectivity index (χ4v) is 7.19. The lowest BCUT2D eigenvalue weighted by atomic mass is 9.94. The van der Waals surface area contributed by atoms with Crippen molar-refractivity contribution in [1.29, 1.82) is 0 Å². The van der Waals surface area contributed by atoms with Crippen LogP contribution >= 0.6 is 0 Å². The Kier molecular flexibility index (Phi) is 24.7. The third-order valence-electron chi connectivity index (χ3n) is 11.2. The van der Waals surface area contributed by atoms with E-state index in [0.29, 0.717) is 12.0 Å². The number of nitrogens with one attached hydrogen (secondary N) is 6. The Balaban J connectivity index is 2.69. The van der Waals surface area contributed by atoms with Gasteiger partial charge in [0.2, 0.25) is 35.4 Å². The highest BCUT2D eigenvalue weighted by Gasteiger charge is 2.34. The van der Waals surface area contributed by atoms with Gasteiger partial charge in [-0.15, -0.1) is 0 Å². The Morgan fingerprint density at radius 3 is 2.07 bits per heavy atom. The van der Waals surface area contributed by atoms with Crippen LogP contribution in [0.1, 0.15) is 85.6 Å². The molecule has 1 aromatic rings. The van der Waals surface area contributed by atoms with Crippen LogP contribution < -0.4 is 43.4 Å². The Morgan fingerprint density at radius 2 is 1.48 bits per heavy atom. The molecule has 0 aromatic heterocycles. The fourth-order valence-electron chi connectivity index (χ4n) is 7.19. The third-order valence-corrected chi connectivity index (χ3v) is 11.2. The number of hydrogen-bond donors (Lipinski definition) is 10. The lowest BCUT2D eigenvalue weighted by molar-refractivity contribution is -0.148. The molecular formula is C48H70N10O13. The predicted octanol–water partition coefficient (Wildman–Crippen LogP) is -0.0994. The number of carboxylic acid groups (broad SMARTS) is 2. The Morgan fingerprint density at radius 1 is 0.873 bits per heavy atom. The minimum Gasteiger partial charge on any atom is -0.480 e. The van der Waals surface area contributed by atoms with E-state index in [-0.39, 0.29) is 43.6 Å². The summed E-state index contributed by atoms with van der Waals surface area (Å²) in [6.07, 6.45) is 2.85. The molecule has 1 saturated heterocycles. The Bertz CT molecular complexity index is 2190. The van der Waals surface area contributed by atoms with Crippen LogP contribution in [0.2, 0.25) is 0 Å². The molecule has 8 atom stereocenters. The van der Waals surface area contributed by atoms with Gasteiger partial charge in [0.25, 0.3) is 5.91 Å². The Labute approximate surface area is 413 Å². The number of guanidine groups is 1. The lowest BCUT2D eigenvalue weighted by Gasteiger charge is -2.27. The molecule has 23 heteroatoms. The predicted molar refractivity (Wildman–Crippen MR) is 260 cm³/mol. The molecule has 0 radical (unpaired) electrons. The number of benzene rings is 1. The summed E-state index contributed by atoms with van der Waals surface area (Å²) in [5.74, 6) is -12.0. The smallest absolute Gasteiger partial charge is 0.326 e. The first kappa shape index (κ1) is 59.5. The van der Waals surface area contributed by atoms with Crippen molar-refractivity contribution in [3.63, 3.8) is 0 Å². The molecule has 1 heterocycles. The molecule has 2 rings (SSSR count). The summed E-state index contributed by atoms with van der Waals surface area (Å²) < 4.78 is 5.66. The standard InChI is InChI=1S/C48H70N10O13/c1-26(2)21-36-45(66)57-37(47(69)70)24-39(60)53-34(15-12-20-51-48(49)50)44(65)55-33(17-16-27(3)22-28(4)38(71-31(7)59)23-32-13-10-9-11-14-32)29(5)42(63)56-35(46(67)68)18-19-41(62)58(8)30(6)43(64)52-25-40(61)54-36/h9-11,13-14,16-17,22,26,28-29,33-38H,6,12,15,18-21,23-25H2,1-5,7-8H3,(H,52,64)(H,53,60)(H,54,61)(H,55,65)(H,56,63)(H,57,66)(H,67,68)(H,69,70)(H4,49,50,51)/b17-16+,27-22+/t28-,29-,33-,34-,35+,36-,37+,38-/m0/s1. The summed E-state index contributed by atoms with van der Waals surface area (Å²) in [7, 11) is 1.19. The first-order chi connectivity index (χ1) is 33.3. The number of aliphatic carboxylic acids is 2. The van der Waals surface area contributed by atoms with Crippen LogP contribution in [-0.2, 0) is 59.1 Å². The van der Waals surface area contributed by atoms with Gasteiger partial charge >= 0.3 is 17.9 Å². The van der Waals surface area contributed by atoms with Crippen molar-refractivity contribution in [3.8, 4) is 0 Å². The van der Waals surface area contributed by atoms with Crippen LogP contribution in [0.15, 0.2) is 71.4 Å². The highest BCUT2D eigenvalue weighted by Crippen LogP contribution is 2.19. The zero-order valence-corrected chi connectivity index (χ0v) is 41.3. The van der Waals surface area contributed by atoms with Crippen molar-refractivity contribution in [1.82, 2.24) is 36.8 Å². The number of amides is 7. The first-order valence-electron chi connectivity index (χ1n) is 23.1. The molecule has 0 unspecified atom stereocenters. The van der Waals surface area contributed by atoms with E-state index < -0.39 is 133 Å². The highest BCUT2D eigenvalue weighted by molar-refractivity contribution is 5.99. The van der Waals surface area contributed by atoms with E-state index in [2.05, 4.69) is 43.5 Å². The maximum Gasteiger partial charge on any atom is 0.326 e. The number of nitrogens with zero attached hydrogens (tertiary/aromatic N) is 2. The molecule has 390 valence electrons. The summed E-state index contributed by atoms with van der Waals surface area (Å²) in [6, 6.07) is 1.87. The van der Waals surface area contributed by atoms with E-state index in [1.807, 2.05) is 43.3 Å². The molecule has 23 nitrogen and oxygen atoms in total. The van der Waals surface area contributed by atoms with Crippen molar-refractivity contribution in [2.75, 3.05) is 20.1 Å². The van der Waals surface area contributed by atoms with Gasteiger partial charge in [-0.3, -0.25) is 43.3 Å². The third kappa shape index (κ3) is 21.7. The second-order valence-electron chi connectivity index (χ2n) is 17.7. The summed E-state index contributed by atoms with van der Waals surface area (Å²) >= 11 is 0. The van der Waals surface area contributed by atoms with Gasteiger partial charge in [0.05, 0.1) is 24.9 Å². The van der Waals surface area contributed by atoms with Crippen LogP contribution in [-0.4, -0.2) is 137 Å². The van der Waals surface area contributed by atoms with Gasteiger partial charge in [0.1, 0.15) is 36.0 Å². The number of carbonyl (C=O) groups excluding carboxylic acids is 8. The van der Waals surface area contributed by atoms with E-state index in [4.69, 9.17) is 16.2 Å². The zero-order valence-electron chi connectivity index (χ0n) is 41.3. The number of esters is 1.